The van der Waals surface area contributed by atoms with Crippen LogP contribution in [0.4, 0.5) is 11.5 Å². The first-order valence-corrected chi connectivity index (χ1v) is 12.1. The molecule has 2 aliphatic heterocycles. The molecule has 3 fully saturated rings. The fourth-order valence-corrected chi connectivity index (χ4v) is 4.97. The van der Waals surface area contributed by atoms with Gasteiger partial charge in [-0.3, -0.25) is 4.79 Å². The van der Waals surface area contributed by atoms with Crippen LogP contribution in [0.15, 0.2) is 36.7 Å². The number of pyridine rings is 2. The Kier molecular flexibility index (Phi) is 5.17. The van der Waals surface area contributed by atoms with Crippen molar-refractivity contribution in [2.24, 2.45) is 5.92 Å². The van der Waals surface area contributed by atoms with Crippen molar-refractivity contribution in [3.63, 3.8) is 0 Å². The highest BCUT2D eigenvalue weighted by atomic mass is 16.2. The van der Waals surface area contributed by atoms with Crippen molar-refractivity contribution in [1.29, 1.82) is 0 Å². The number of aromatic nitrogens is 3. The summed E-state index contributed by atoms with van der Waals surface area (Å²) in [4.78, 5) is 34.3. The Balaban J connectivity index is 1.19. The summed E-state index contributed by atoms with van der Waals surface area (Å²) in [6.45, 7) is 7.50. The molecule has 0 bridgehead atoms. The number of carbonyl (C=O) groups excluding carboxylic acids is 1. The zero-order chi connectivity index (χ0) is 22.4. The highest BCUT2D eigenvalue weighted by Crippen LogP contribution is 2.33. The number of nitrogens with zero attached hydrogens (tertiary/aromatic N) is 6. The smallest absolute Gasteiger partial charge is 0.225 e. The SMILES string of the molecule is CN1CCN(c2ccc(-c3cc4c(N5CCN(C(=O)C6CC6)CC5)ccnc4[nH]3)cn2)CC1. The number of aromatic amines is 1. The Morgan fingerprint density at radius 2 is 1.70 bits per heavy atom. The van der Waals surface area contributed by atoms with E-state index in [-0.39, 0.29) is 0 Å². The fourth-order valence-electron chi connectivity index (χ4n) is 4.97. The van der Waals surface area contributed by atoms with Crippen molar-refractivity contribution in [2.45, 2.75) is 12.8 Å². The summed E-state index contributed by atoms with van der Waals surface area (Å²) in [5.74, 6) is 1.69. The molecule has 172 valence electrons. The van der Waals surface area contributed by atoms with Crippen LogP contribution in [-0.4, -0.2) is 90.1 Å². The lowest BCUT2D eigenvalue weighted by atomic mass is 10.1. The number of hydrogen-bond acceptors (Lipinski definition) is 6. The third-order valence-corrected chi connectivity index (χ3v) is 7.25. The Bertz CT molecular complexity index is 1140. The molecular weight excluding hydrogens is 414 g/mol. The van der Waals surface area contributed by atoms with Gasteiger partial charge in [0.15, 0.2) is 0 Å². The number of carbonyl (C=O) groups is 1. The van der Waals surface area contributed by atoms with Crippen molar-refractivity contribution in [1.82, 2.24) is 24.8 Å². The maximum Gasteiger partial charge on any atom is 0.225 e. The van der Waals surface area contributed by atoms with Crippen LogP contribution >= 0.6 is 0 Å². The number of nitrogens with one attached hydrogen (secondary N) is 1. The van der Waals surface area contributed by atoms with Gasteiger partial charge in [0.25, 0.3) is 0 Å². The van der Waals surface area contributed by atoms with Gasteiger partial charge < -0.3 is 24.6 Å². The van der Waals surface area contributed by atoms with E-state index in [0.717, 1.165) is 93.3 Å². The standard InChI is InChI=1S/C25H31N7O/c1-29-8-10-31(11-9-29)23-5-4-19(17-27-23)21-16-20-22(6-7-26-24(20)28-21)30-12-14-32(15-13-30)25(33)18-2-3-18/h4-7,16-18H,2-3,8-15H2,1H3,(H,26,28). The van der Waals surface area contributed by atoms with Gasteiger partial charge in [0.1, 0.15) is 11.5 Å². The monoisotopic (exact) mass is 445 g/mol. The first-order chi connectivity index (χ1) is 16.2. The molecule has 2 saturated heterocycles. The van der Waals surface area contributed by atoms with Crippen molar-refractivity contribution in [2.75, 3.05) is 69.2 Å². The zero-order valence-corrected chi connectivity index (χ0v) is 19.2. The minimum atomic E-state index is 0.299. The third-order valence-electron chi connectivity index (χ3n) is 7.25. The van der Waals surface area contributed by atoms with Gasteiger partial charge in [0, 0.05) is 93.0 Å². The van der Waals surface area contributed by atoms with E-state index in [1.165, 1.54) is 5.69 Å². The summed E-state index contributed by atoms with van der Waals surface area (Å²) in [6.07, 6.45) is 5.97. The second-order valence-electron chi connectivity index (χ2n) is 9.56. The molecule has 3 aliphatic rings. The van der Waals surface area contributed by atoms with E-state index < -0.39 is 0 Å². The summed E-state index contributed by atoms with van der Waals surface area (Å²) in [6, 6.07) is 8.54. The maximum atomic E-state index is 12.4. The number of anilines is 2. The predicted octanol–water partition coefficient (Wildman–Crippen LogP) is 2.44. The summed E-state index contributed by atoms with van der Waals surface area (Å²) < 4.78 is 0. The van der Waals surface area contributed by atoms with Crippen LogP contribution in [0.5, 0.6) is 0 Å². The number of piperazine rings is 2. The normalized spacial score (nSPS) is 20.0. The zero-order valence-electron chi connectivity index (χ0n) is 19.2. The quantitative estimate of drug-likeness (QED) is 0.665. The molecule has 5 heterocycles. The van der Waals surface area contributed by atoms with Gasteiger partial charge in [-0.15, -0.1) is 0 Å². The molecule has 1 saturated carbocycles. The number of likely N-dealkylation sites (N-methyl/N-ethyl adjacent to an activating group) is 1. The lowest BCUT2D eigenvalue weighted by Gasteiger charge is -2.36. The second-order valence-corrected chi connectivity index (χ2v) is 9.56. The predicted molar refractivity (Wildman–Crippen MR) is 131 cm³/mol. The van der Waals surface area contributed by atoms with E-state index in [1.54, 1.807) is 0 Å². The molecule has 1 aliphatic carbocycles. The maximum absolute atomic E-state index is 12.4. The van der Waals surface area contributed by atoms with Crippen LogP contribution in [0.1, 0.15) is 12.8 Å². The first-order valence-electron chi connectivity index (χ1n) is 12.1. The molecule has 0 spiro atoms. The molecule has 0 atom stereocenters. The molecule has 0 aromatic carbocycles. The Hall–Kier alpha value is -3.13. The first kappa shape index (κ1) is 20.5. The Morgan fingerprint density at radius 3 is 2.39 bits per heavy atom. The van der Waals surface area contributed by atoms with Gasteiger partial charge in [-0.2, -0.15) is 0 Å². The van der Waals surface area contributed by atoms with E-state index in [1.807, 2.05) is 17.3 Å². The minimum Gasteiger partial charge on any atom is -0.367 e. The third kappa shape index (κ3) is 4.04. The summed E-state index contributed by atoms with van der Waals surface area (Å²) in [5.41, 5.74) is 4.17. The molecule has 8 heteroatoms. The molecule has 6 rings (SSSR count). The van der Waals surface area contributed by atoms with Crippen LogP contribution in [0, 0.1) is 5.92 Å². The molecule has 1 N–H and O–H groups in total. The Morgan fingerprint density at radius 1 is 0.939 bits per heavy atom. The molecule has 1 amide bonds. The van der Waals surface area contributed by atoms with Crippen LogP contribution in [0.25, 0.3) is 22.3 Å². The van der Waals surface area contributed by atoms with E-state index in [0.29, 0.717) is 11.8 Å². The molecular formula is C25H31N7O. The van der Waals surface area contributed by atoms with E-state index in [2.05, 4.69) is 56.0 Å². The number of hydrogen-bond donors (Lipinski definition) is 1. The average Bonchev–Trinajstić information content (AvgIpc) is 3.62. The molecule has 8 nitrogen and oxygen atoms in total. The van der Waals surface area contributed by atoms with Gasteiger partial charge in [0.05, 0.1) is 0 Å². The second kappa shape index (κ2) is 8.33. The Labute approximate surface area is 194 Å². The highest BCUT2D eigenvalue weighted by Gasteiger charge is 2.34. The van der Waals surface area contributed by atoms with Crippen LogP contribution < -0.4 is 9.80 Å². The number of rotatable bonds is 4. The van der Waals surface area contributed by atoms with Crippen LogP contribution in [-0.2, 0) is 4.79 Å². The lowest BCUT2D eigenvalue weighted by molar-refractivity contribution is -0.132. The van der Waals surface area contributed by atoms with Gasteiger partial charge in [-0.05, 0) is 44.2 Å². The van der Waals surface area contributed by atoms with E-state index in [9.17, 15) is 4.79 Å². The molecule has 0 unspecified atom stereocenters. The highest BCUT2D eigenvalue weighted by molar-refractivity contribution is 5.94. The molecule has 33 heavy (non-hydrogen) atoms. The van der Waals surface area contributed by atoms with Crippen molar-refractivity contribution in [3.05, 3.63) is 36.7 Å². The topological polar surface area (TPSA) is 71.6 Å². The van der Waals surface area contributed by atoms with Gasteiger partial charge in [-0.25, -0.2) is 9.97 Å². The van der Waals surface area contributed by atoms with Crippen molar-refractivity contribution in [3.8, 4) is 11.3 Å². The summed E-state index contributed by atoms with van der Waals surface area (Å²) >= 11 is 0. The van der Waals surface area contributed by atoms with Gasteiger partial charge in [0.2, 0.25) is 5.91 Å². The lowest BCUT2D eigenvalue weighted by Crippen LogP contribution is -2.49. The average molecular weight is 446 g/mol. The summed E-state index contributed by atoms with van der Waals surface area (Å²) in [7, 11) is 2.17. The van der Waals surface area contributed by atoms with Crippen molar-refractivity contribution < 1.29 is 4.79 Å². The van der Waals surface area contributed by atoms with Crippen LogP contribution in [0.3, 0.4) is 0 Å². The van der Waals surface area contributed by atoms with Gasteiger partial charge >= 0.3 is 0 Å². The number of H-pyrrole nitrogens is 1. The largest absolute Gasteiger partial charge is 0.367 e. The molecule has 3 aromatic heterocycles. The molecule has 3 aromatic rings. The van der Waals surface area contributed by atoms with Crippen LogP contribution in [0.2, 0.25) is 0 Å². The minimum absolute atomic E-state index is 0.299. The fraction of sp³-hybridized carbons (Fsp3) is 0.480. The van der Waals surface area contributed by atoms with E-state index >= 15 is 0 Å². The number of fused-ring (bicyclic) bond motifs is 1. The molecule has 0 radical (unpaired) electrons. The van der Waals surface area contributed by atoms with E-state index in [4.69, 9.17) is 4.98 Å². The van der Waals surface area contributed by atoms with Crippen molar-refractivity contribution >= 4 is 28.4 Å². The number of amides is 1. The summed E-state index contributed by atoms with van der Waals surface area (Å²) in [5, 5.41) is 1.12. The van der Waals surface area contributed by atoms with Gasteiger partial charge in [-0.1, -0.05) is 0 Å².